The van der Waals surface area contributed by atoms with Gasteiger partial charge in [0.05, 0.1) is 17.8 Å². The van der Waals surface area contributed by atoms with Gasteiger partial charge in [-0.1, -0.05) is 12.1 Å². The molecule has 0 spiro atoms. The van der Waals surface area contributed by atoms with Crippen molar-refractivity contribution in [2.24, 2.45) is 0 Å². The van der Waals surface area contributed by atoms with E-state index in [1.165, 1.54) is 5.56 Å². The molecule has 5 heterocycles. The number of nitrogens with one attached hydrogen (secondary N) is 1. The van der Waals surface area contributed by atoms with Crippen molar-refractivity contribution in [2.45, 2.75) is 39.4 Å². The van der Waals surface area contributed by atoms with Crippen LogP contribution < -0.4 is 5.32 Å². The summed E-state index contributed by atoms with van der Waals surface area (Å²) in [6.07, 6.45) is 7.39. The molecule has 1 aliphatic heterocycles. The highest BCUT2D eigenvalue weighted by Gasteiger charge is 2.41. The first kappa shape index (κ1) is 21.3. The van der Waals surface area contributed by atoms with E-state index in [9.17, 15) is 0 Å². The lowest BCUT2D eigenvalue weighted by Gasteiger charge is -2.28. The van der Waals surface area contributed by atoms with Gasteiger partial charge in [-0.25, -0.2) is 4.98 Å². The Labute approximate surface area is 199 Å². The smallest absolute Gasteiger partial charge is 0.170 e. The molecule has 6 nitrogen and oxygen atoms in total. The number of hydrogen-bond acceptors (Lipinski definition) is 4. The lowest BCUT2D eigenvalue weighted by Crippen LogP contribution is -2.29. The van der Waals surface area contributed by atoms with Crippen LogP contribution in [0.2, 0.25) is 0 Å². The first-order chi connectivity index (χ1) is 16.0. The van der Waals surface area contributed by atoms with Gasteiger partial charge in [-0.15, -0.1) is 0 Å². The van der Waals surface area contributed by atoms with Gasteiger partial charge in [-0.05, 0) is 86.1 Å². The second-order valence-corrected chi connectivity index (χ2v) is 8.85. The predicted octanol–water partition coefficient (Wildman–Crippen LogP) is 4.76. The molecular formula is C26H26N6S. The summed E-state index contributed by atoms with van der Waals surface area (Å²) in [6, 6.07) is 16.5. The van der Waals surface area contributed by atoms with Crippen molar-refractivity contribution in [3.63, 3.8) is 0 Å². The third kappa shape index (κ3) is 4.00. The van der Waals surface area contributed by atoms with Gasteiger partial charge in [-0.2, -0.15) is 0 Å². The molecule has 0 bridgehead atoms. The molecule has 1 fully saturated rings. The Balaban J connectivity index is 1.61. The average Bonchev–Trinajstić information content (AvgIpc) is 3.31. The Morgan fingerprint density at radius 2 is 1.79 bits per heavy atom. The van der Waals surface area contributed by atoms with Gasteiger partial charge in [-0.3, -0.25) is 9.97 Å². The van der Waals surface area contributed by atoms with E-state index in [1.54, 1.807) is 0 Å². The summed E-state index contributed by atoms with van der Waals surface area (Å²) >= 11 is 5.84. The summed E-state index contributed by atoms with van der Waals surface area (Å²) < 4.78 is 2.22. The fraction of sp³-hybridized carbons (Fsp3) is 0.231. The van der Waals surface area contributed by atoms with Crippen molar-refractivity contribution in [3.05, 3.63) is 107 Å². The Hall–Kier alpha value is -3.58. The predicted molar refractivity (Wildman–Crippen MR) is 133 cm³/mol. The molecule has 5 rings (SSSR count). The van der Waals surface area contributed by atoms with Crippen LogP contribution in [-0.2, 0) is 6.54 Å². The van der Waals surface area contributed by atoms with E-state index in [0.29, 0.717) is 6.54 Å². The largest absolute Gasteiger partial charge is 0.352 e. The molecule has 33 heavy (non-hydrogen) atoms. The topological polar surface area (TPSA) is 58.9 Å². The molecule has 2 atom stereocenters. The molecule has 0 amide bonds. The summed E-state index contributed by atoms with van der Waals surface area (Å²) in [6.45, 7) is 7.03. The van der Waals surface area contributed by atoms with Crippen molar-refractivity contribution in [3.8, 4) is 5.82 Å². The summed E-state index contributed by atoms with van der Waals surface area (Å²) in [4.78, 5) is 15.8. The molecule has 1 aliphatic rings. The van der Waals surface area contributed by atoms with Gasteiger partial charge in [0.15, 0.2) is 5.11 Å². The maximum atomic E-state index is 5.84. The van der Waals surface area contributed by atoms with Gasteiger partial charge in [0.1, 0.15) is 5.82 Å². The highest BCUT2D eigenvalue weighted by molar-refractivity contribution is 7.80. The van der Waals surface area contributed by atoms with Crippen LogP contribution in [0.25, 0.3) is 5.82 Å². The molecule has 1 N–H and O–H groups in total. The van der Waals surface area contributed by atoms with E-state index >= 15 is 0 Å². The molecule has 4 aromatic rings. The van der Waals surface area contributed by atoms with Crippen LogP contribution in [-0.4, -0.2) is 29.5 Å². The first-order valence-electron chi connectivity index (χ1n) is 11.0. The van der Waals surface area contributed by atoms with Gasteiger partial charge in [0.2, 0.25) is 0 Å². The summed E-state index contributed by atoms with van der Waals surface area (Å²) in [5.41, 5.74) is 6.79. The Morgan fingerprint density at radius 1 is 0.970 bits per heavy atom. The standard InChI is InChI=1S/C26H26N6S/c1-17-7-8-23(29-15-17)32-18(2)14-21(19(32)3)25-24(22-6-4-5-11-28-22)30-26(33)31(25)16-20-9-12-27-13-10-20/h4-15,24-25H,16H2,1-3H3,(H,30,33)/t24-,25-/m0/s1. The highest BCUT2D eigenvalue weighted by Crippen LogP contribution is 2.42. The molecule has 166 valence electrons. The van der Waals surface area contributed by atoms with Crippen LogP contribution in [0.3, 0.4) is 0 Å². The van der Waals surface area contributed by atoms with Crippen molar-refractivity contribution < 1.29 is 0 Å². The Morgan fingerprint density at radius 3 is 2.48 bits per heavy atom. The third-order valence-electron chi connectivity index (χ3n) is 6.21. The van der Waals surface area contributed by atoms with Crippen molar-refractivity contribution in [2.75, 3.05) is 0 Å². The van der Waals surface area contributed by atoms with E-state index in [-0.39, 0.29) is 12.1 Å². The summed E-state index contributed by atoms with van der Waals surface area (Å²) in [5.74, 6) is 0.922. The molecule has 0 unspecified atom stereocenters. The van der Waals surface area contributed by atoms with Crippen molar-refractivity contribution in [1.82, 2.24) is 29.7 Å². The van der Waals surface area contributed by atoms with Crippen LogP contribution in [0.15, 0.2) is 73.3 Å². The minimum absolute atomic E-state index is 0.00837. The fourth-order valence-corrected chi connectivity index (χ4v) is 4.94. The summed E-state index contributed by atoms with van der Waals surface area (Å²) in [5, 5.41) is 4.27. The van der Waals surface area contributed by atoms with Crippen LogP contribution in [0.4, 0.5) is 0 Å². The van der Waals surface area contributed by atoms with E-state index in [0.717, 1.165) is 39.1 Å². The van der Waals surface area contributed by atoms with Gasteiger partial charge in [0.25, 0.3) is 0 Å². The zero-order chi connectivity index (χ0) is 22.9. The monoisotopic (exact) mass is 454 g/mol. The average molecular weight is 455 g/mol. The molecule has 0 radical (unpaired) electrons. The maximum absolute atomic E-state index is 5.84. The lowest BCUT2D eigenvalue weighted by atomic mass is 9.96. The molecule has 0 aliphatic carbocycles. The number of rotatable bonds is 5. The van der Waals surface area contributed by atoms with Crippen LogP contribution >= 0.6 is 12.2 Å². The third-order valence-corrected chi connectivity index (χ3v) is 6.57. The minimum Gasteiger partial charge on any atom is -0.352 e. The molecule has 0 saturated carbocycles. The zero-order valence-electron chi connectivity index (χ0n) is 18.9. The van der Waals surface area contributed by atoms with E-state index in [4.69, 9.17) is 12.2 Å². The van der Waals surface area contributed by atoms with E-state index < -0.39 is 0 Å². The number of thiocarbonyl (C=S) groups is 1. The maximum Gasteiger partial charge on any atom is 0.170 e. The Kier molecular flexibility index (Phi) is 5.64. The van der Waals surface area contributed by atoms with Gasteiger partial charge >= 0.3 is 0 Å². The molecular weight excluding hydrogens is 428 g/mol. The minimum atomic E-state index is -0.0551. The molecule has 0 aromatic carbocycles. The quantitative estimate of drug-likeness (QED) is 0.439. The first-order valence-corrected chi connectivity index (χ1v) is 11.4. The van der Waals surface area contributed by atoms with Crippen molar-refractivity contribution in [1.29, 1.82) is 0 Å². The van der Waals surface area contributed by atoms with E-state index in [1.807, 2.05) is 49.1 Å². The number of aromatic nitrogens is 4. The number of pyridine rings is 3. The SMILES string of the molecule is Cc1ccc(-n2c(C)cc([C@H]3[C@H](c4ccccn4)NC(=S)N3Cc3ccncc3)c2C)nc1. The number of aryl methyl sites for hydroxylation is 2. The number of hydrogen-bond donors (Lipinski definition) is 1. The van der Waals surface area contributed by atoms with Crippen LogP contribution in [0.1, 0.15) is 45.9 Å². The number of nitrogens with zero attached hydrogens (tertiary/aromatic N) is 5. The lowest BCUT2D eigenvalue weighted by molar-refractivity contribution is 0.310. The van der Waals surface area contributed by atoms with Gasteiger partial charge in [0, 0.05) is 42.7 Å². The second kappa shape index (κ2) is 8.75. The van der Waals surface area contributed by atoms with Crippen LogP contribution in [0, 0.1) is 20.8 Å². The van der Waals surface area contributed by atoms with Gasteiger partial charge < -0.3 is 14.8 Å². The molecule has 1 saturated heterocycles. The van der Waals surface area contributed by atoms with Crippen LogP contribution in [0.5, 0.6) is 0 Å². The Bertz CT molecular complexity index is 1270. The fourth-order valence-electron chi connectivity index (χ4n) is 4.63. The molecule has 7 heteroatoms. The zero-order valence-corrected chi connectivity index (χ0v) is 19.8. The second-order valence-electron chi connectivity index (χ2n) is 8.47. The highest BCUT2D eigenvalue weighted by atomic mass is 32.1. The van der Waals surface area contributed by atoms with Crippen molar-refractivity contribution >= 4 is 17.3 Å². The normalized spacial score (nSPS) is 17.9. The molecule has 4 aromatic heterocycles. The van der Waals surface area contributed by atoms with E-state index in [2.05, 4.69) is 74.8 Å². The summed E-state index contributed by atoms with van der Waals surface area (Å²) in [7, 11) is 0.